The summed E-state index contributed by atoms with van der Waals surface area (Å²) < 4.78 is 0. The molecular formula is C10H17O. The van der Waals surface area contributed by atoms with Gasteiger partial charge in [0.2, 0.25) is 0 Å². The van der Waals surface area contributed by atoms with E-state index in [2.05, 4.69) is 6.92 Å². The molecule has 1 atom stereocenters. The van der Waals surface area contributed by atoms with Crippen LogP contribution in [0, 0.1) is 11.8 Å². The predicted octanol–water partition coefficient (Wildman–Crippen LogP) is 2.70. The Balaban J connectivity index is 2.26. The highest BCUT2D eigenvalue weighted by molar-refractivity contribution is 5.50. The molecule has 0 aromatic carbocycles. The van der Waals surface area contributed by atoms with E-state index < -0.39 is 0 Å². The summed E-state index contributed by atoms with van der Waals surface area (Å²) in [4.78, 5) is 10.1. The number of carbonyl (C=O) groups excluding carboxylic acids is 1. The van der Waals surface area contributed by atoms with Crippen LogP contribution in [0.2, 0.25) is 0 Å². The Morgan fingerprint density at radius 3 is 2.55 bits per heavy atom. The molecular weight excluding hydrogens is 136 g/mol. The first kappa shape index (κ1) is 8.76. The maximum Gasteiger partial charge on any atom is 0.198 e. The molecule has 63 valence electrons. The smallest absolute Gasteiger partial charge is 0.198 e. The first-order chi connectivity index (χ1) is 5.34. The molecule has 1 radical (unpaired) electrons. The molecule has 0 heterocycles. The zero-order valence-electron chi connectivity index (χ0n) is 7.31. The van der Waals surface area contributed by atoms with Gasteiger partial charge in [-0.25, -0.2) is 0 Å². The van der Waals surface area contributed by atoms with E-state index in [0.717, 1.165) is 5.92 Å². The fourth-order valence-electron chi connectivity index (χ4n) is 2.00. The summed E-state index contributed by atoms with van der Waals surface area (Å²) in [5.41, 5.74) is 0. The van der Waals surface area contributed by atoms with Gasteiger partial charge in [0, 0.05) is 6.42 Å². The van der Waals surface area contributed by atoms with Crippen molar-refractivity contribution in [1.29, 1.82) is 0 Å². The van der Waals surface area contributed by atoms with Gasteiger partial charge in [-0.1, -0.05) is 39.0 Å². The van der Waals surface area contributed by atoms with Crippen molar-refractivity contribution in [2.75, 3.05) is 0 Å². The highest BCUT2D eigenvalue weighted by Gasteiger charge is 2.19. The van der Waals surface area contributed by atoms with Crippen LogP contribution in [0.4, 0.5) is 0 Å². The topological polar surface area (TPSA) is 17.1 Å². The van der Waals surface area contributed by atoms with Crippen molar-refractivity contribution in [3.63, 3.8) is 0 Å². The van der Waals surface area contributed by atoms with Gasteiger partial charge in [0.1, 0.15) is 0 Å². The van der Waals surface area contributed by atoms with Crippen molar-refractivity contribution in [2.45, 2.75) is 45.4 Å². The second-order valence-electron chi connectivity index (χ2n) is 3.72. The Hall–Kier alpha value is -0.330. The van der Waals surface area contributed by atoms with Crippen LogP contribution < -0.4 is 0 Å². The Labute approximate surface area is 69.2 Å². The van der Waals surface area contributed by atoms with Crippen molar-refractivity contribution in [3.8, 4) is 0 Å². The molecule has 1 nitrogen and oxygen atoms in total. The van der Waals surface area contributed by atoms with E-state index in [4.69, 9.17) is 0 Å². The zero-order valence-corrected chi connectivity index (χ0v) is 7.31. The largest absolute Gasteiger partial charge is 0.291 e. The van der Waals surface area contributed by atoms with Crippen LogP contribution in [0.25, 0.3) is 0 Å². The zero-order chi connectivity index (χ0) is 8.10. The molecule has 0 aromatic rings. The number of hydrogen-bond acceptors (Lipinski definition) is 1. The van der Waals surface area contributed by atoms with E-state index in [1.165, 1.54) is 32.1 Å². The molecule has 0 amide bonds. The summed E-state index contributed by atoms with van der Waals surface area (Å²) in [5.74, 6) is 1.39. The van der Waals surface area contributed by atoms with Gasteiger partial charge in [0.15, 0.2) is 6.29 Å². The molecule has 1 rings (SSSR count). The van der Waals surface area contributed by atoms with E-state index >= 15 is 0 Å². The van der Waals surface area contributed by atoms with Gasteiger partial charge in [-0.2, -0.15) is 0 Å². The normalized spacial score (nSPS) is 23.0. The van der Waals surface area contributed by atoms with Crippen molar-refractivity contribution in [1.82, 2.24) is 0 Å². The minimum atomic E-state index is 0.577. The van der Waals surface area contributed by atoms with E-state index in [1.807, 2.05) is 6.29 Å². The van der Waals surface area contributed by atoms with Gasteiger partial charge in [0.05, 0.1) is 0 Å². The lowest BCUT2D eigenvalue weighted by Gasteiger charge is -2.25. The van der Waals surface area contributed by atoms with Gasteiger partial charge < -0.3 is 0 Å². The molecule has 0 N–H and O–H groups in total. The van der Waals surface area contributed by atoms with Crippen LogP contribution >= 0.6 is 0 Å². The van der Waals surface area contributed by atoms with E-state index in [-0.39, 0.29) is 0 Å². The average molecular weight is 153 g/mol. The summed E-state index contributed by atoms with van der Waals surface area (Å²) in [6.45, 7) is 2.18. The summed E-state index contributed by atoms with van der Waals surface area (Å²) in [6, 6.07) is 0. The molecule has 1 heteroatoms. The monoisotopic (exact) mass is 153 g/mol. The van der Waals surface area contributed by atoms with Crippen LogP contribution in [0.3, 0.4) is 0 Å². The molecule has 0 aliphatic heterocycles. The summed E-state index contributed by atoms with van der Waals surface area (Å²) in [6.07, 6.45) is 9.47. The summed E-state index contributed by atoms with van der Waals surface area (Å²) in [5, 5.41) is 0. The lowest BCUT2D eigenvalue weighted by Crippen LogP contribution is -2.15. The summed E-state index contributed by atoms with van der Waals surface area (Å²) in [7, 11) is 0. The molecule has 11 heavy (non-hydrogen) atoms. The highest BCUT2D eigenvalue weighted by atomic mass is 16.1. The molecule has 1 aliphatic rings. The SMILES string of the molecule is CC(C[C]=O)C1CCCCC1. The molecule has 0 saturated heterocycles. The first-order valence-corrected chi connectivity index (χ1v) is 4.69. The van der Waals surface area contributed by atoms with E-state index in [1.54, 1.807) is 0 Å². The van der Waals surface area contributed by atoms with Crippen LogP contribution in [0.1, 0.15) is 45.4 Å². The maximum atomic E-state index is 10.1. The molecule has 1 unspecified atom stereocenters. The second-order valence-corrected chi connectivity index (χ2v) is 3.72. The minimum absolute atomic E-state index is 0.577. The number of hydrogen-bond donors (Lipinski definition) is 0. The molecule has 1 saturated carbocycles. The predicted molar refractivity (Wildman–Crippen MR) is 46.0 cm³/mol. The second kappa shape index (κ2) is 4.53. The van der Waals surface area contributed by atoms with Crippen LogP contribution in [-0.4, -0.2) is 6.29 Å². The third-order valence-corrected chi connectivity index (χ3v) is 2.86. The van der Waals surface area contributed by atoms with Gasteiger partial charge in [-0.15, -0.1) is 0 Å². The third kappa shape index (κ3) is 2.64. The van der Waals surface area contributed by atoms with Crippen molar-refractivity contribution in [2.24, 2.45) is 11.8 Å². The quantitative estimate of drug-likeness (QED) is 0.609. The number of rotatable bonds is 3. The molecule has 1 aliphatic carbocycles. The third-order valence-electron chi connectivity index (χ3n) is 2.86. The molecule has 1 fully saturated rings. The van der Waals surface area contributed by atoms with E-state index in [0.29, 0.717) is 12.3 Å². The fraction of sp³-hybridized carbons (Fsp3) is 0.900. The Morgan fingerprint density at radius 1 is 1.36 bits per heavy atom. The molecule has 0 aromatic heterocycles. The van der Waals surface area contributed by atoms with Crippen LogP contribution in [0.5, 0.6) is 0 Å². The van der Waals surface area contributed by atoms with Crippen molar-refractivity contribution < 1.29 is 4.79 Å². The Morgan fingerprint density at radius 2 is 2.00 bits per heavy atom. The lowest BCUT2D eigenvalue weighted by molar-refractivity contribution is 0.267. The standard InChI is InChI=1S/C10H17O/c1-9(7-8-11)10-5-3-2-4-6-10/h9-10H,2-7H2,1H3. The van der Waals surface area contributed by atoms with Crippen LogP contribution in [0.15, 0.2) is 0 Å². The average Bonchev–Trinajstić information content (AvgIpc) is 2.07. The molecule has 0 spiro atoms. The van der Waals surface area contributed by atoms with Gasteiger partial charge >= 0.3 is 0 Å². The van der Waals surface area contributed by atoms with Crippen molar-refractivity contribution in [3.05, 3.63) is 0 Å². The van der Waals surface area contributed by atoms with Crippen LogP contribution in [-0.2, 0) is 4.79 Å². The fourth-order valence-corrected chi connectivity index (χ4v) is 2.00. The van der Waals surface area contributed by atoms with E-state index in [9.17, 15) is 4.79 Å². The first-order valence-electron chi connectivity index (χ1n) is 4.69. The maximum absolute atomic E-state index is 10.1. The van der Waals surface area contributed by atoms with Gasteiger partial charge in [0.25, 0.3) is 0 Å². The highest BCUT2D eigenvalue weighted by Crippen LogP contribution is 2.30. The van der Waals surface area contributed by atoms with Gasteiger partial charge in [-0.05, 0) is 11.8 Å². The molecule has 0 bridgehead atoms. The van der Waals surface area contributed by atoms with Crippen molar-refractivity contribution >= 4 is 6.29 Å². The Kier molecular flexibility index (Phi) is 3.61. The minimum Gasteiger partial charge on any atom is -0.291 e. The van der Waals surface area contributed by atoms with Gasteiger partial charge in [-0.3, -0.25) is 4.79 Å². The summed E-state index contributed by atoms with van der Waals surface area (Å²) >= 11 is 0. The Bertz CT molecular complexity index is 114. The lowest BCUT2D eigenvalue weighted by atomic mass is 9.80.